The van der Waals surface area contributed by atoms with Crippen molar-refractivity contribution >= 4 is 16.6 Å². The monoisotopic (exact) mass is 357 g/mol. The second kappa shape index (κ2) is 6.71. The maximum absolute atomic E-state index is 12.4. The molecule has 0 bridgehead atoms. The highest BCUT2D eigenvalue weighted by atomic mass is 16.6. The number of nitrogens with one attached hydrogen (secondary N) is 1. The molecule has 1 aromatic heterocycles. The Morgan fingerprint density at radius 3 is 2.23 bits per heavy atom. The lowest BCUT2D eigenvalue weighted by molar-refractivity contribution is -0.384. The van der Waals surface area contributed by atoms with Gasteiger partial charge in [-0.3, -0.25) is 14.9 Å². The van der Waals surface area contributed by atoms with Crippen LogP contribution in [0.25, 0.3) is 22.3 Å². The summed E-state index contributed by atoms with van der Waals surface area (Å²) in [5.41, 5.74) is 0.216. The standard InChI is InChI=1S/C17H15N3O6/c1-24-13-6-9(7-14(25-2)15(13)26-3)16-18-12-5-4-10(20(22)23)8-11(12)17(21)19-16/h4-8H,1-3H3,(H,18,19,21). The van der Waals surface area contributed by atoms with Crippen LogP contribution in [0.2, 0.25) is 0 Å². The molecule has 0 fully saturated rings. The number of hydrogen-bond donors (Lipinski definition) is 1. The van der Waals surface area contributed by atoms with Gasteiger partial charge < -0.3 is 19.2 Å². The lowest BCUT2D eigenvalue weighted by Crippen LogP contribution is -2.10. The molecular formula is C17H15N3O6. The minimum absolute atomic E-state index is 0.135. The summed E-state index contributed by atoms with van der Waals surface area (Å²) in [5, 5.41) is 11.0. The second-order valence-corrected chi connectivity index (χ2v) is 5.29. The topological polar surface area (TPSA) is 117 Å². The minimum atomic E-state index is -0.563. The molecular weight excluding hydrogens is 342 g/mol. The molecule has 0 saturated carbocycles. The Kier molecular flexibility index (Phi) is 4.44. The van der Waals surface area contributed by atoms with Gasteiger partial charge in [-0.25, -0.2) is 4.98 Å². The van der Waals surface area contributed by atoms with Crippen LogP contribution in [0.15, 0.2) is 35.1 Å². The molecule has 9 nitrogen and oxygen atoms in total. The van der Waals surface area contributed by atoms with Crippen molar-refractivity contribution in [1.29, 1.82) is 0 Å². The molecule has 0 aliphatic heterocycles. The molecule has 0 saturated heterocycles. The minimum Gasteiger partial charge on any atom is -0.493 e. The Labute approximate surface area is 147 Å². The molecule has 1 heterocycles. The maximum Gasteiger partial charge on any atom is 0.270 e. The molecule has 3 aromatic rings. The smallest absolute Gasteiger partial charge is 0.270 e. The van der Waals surface area contributed by atoms with Crippen molar-refractivity contribution in [2.45, 2.75) is 0 Å². The van der Waals surface area contributed by atoms with Gasteiger partial charge in [-0.1, -0.05) is 0 Å². The number of nitro groups is 1. The molecule has 0 aliphatic carbocycles. The van der Waals surface area contributed by atoms with Gasteiger partial charge in [0.15, 0.2) is 11.5 Å². The number of rotatable bonds is 5. The van der Waals surface area contributed by atoms with E-state index in [1.165, 1.54) is 39.5 Å². The van der Waals surface area contributed by atoms with Gasteiger partial charge in [0.2, 0.25) is 5.75 Å². The molecule has 0 radical (unpaired) electrons. The summed E-state index contributed by atoms with van der Waals surface area (Å²) < 4.78 is 15.9. The van der Waals surface area contributed by atoms with E-state index in [4.69, 9.17) is 14.2 Å². The van der Waals surface area contributed by atoms with Crippen molar-refractivity contribution in [3.8, 4) is 28.6 Å². The van der Waals surface area contributed by atoms with E-state index >= 15 is 0 Å². The van der Waals surface area contributed by atoms with Gasteiger partial charge in [-0.2, -0.15) is 0 Å². The zero-order valence-electron chi connectivity index (χ0n) is 14.2. The Balaban J connectivity index is 2.21. The molecule has 9 heteroatoms. The number of non-ortho nitro benzene ring substituents is 1. The highest BCUT2D eigenvalue weighted by Crippen LogP contribution is 2.40. The fraction of sp³-hybridized carbons (Fsp3) is 0.176. The predicted molar refractivity (Wildman–Crippen MR) is 94.1 cm³/mol. The zero-order chi connectivity index (χ0) is 18.8. The summed E-state index contributed by atoms with van der Waals surface area (Å²) in [4.78, 5) is 29.7. The van der Waals surface area contributed by atoms with Gasteiger partial charge in [0.25, 0.3) is 11.2 Å². The van der Waals surface area contributed by atoms with Crippen molar-refractivity contribution in [3.63, 3.8) is 0 Å². The van der Waals surface area contributed by atoms with Crippen LogP contribution in [-0.2, 0) is 0 Å². The van der Waals surface area contributed by atoms with E-state index in [0.717, 1.165) is 0 Å². The Morgan fingerprint density at radius 2 is 1.69 bits per heavy atom. The molecule has 0 aliphatic rings. The predicted octanol–water partition coefficient (Wildman–Crippen LogP) is 2.52. The van der Waals surface area contributed by atoms with Crippen LogP contribution >= 0.6 is 0 Å². The first-order valence-electron chi connectivity index (χ1n) is 7.47. The molecule has 134 valence electrons. The number of fused-ring (bicyclic) bond motifs is 1. The number of hydrogen-bond acceptors (Lipinski definition) is 7. The first-order valence-corrected chi connectivity index (χ1v) is 7.47. The van der Waals surface area contributed by atoms with Gasteiger partial charge in [0.1, 0.15) is 5.82 Å². The Bertz CT molecular complexity index is 1040. The SMILES string of the molecule is COc1cc(-c2nc3ccc([N+](=O)[O-])cc3c(=O)[nH]2)cc(OC)c1OC. The quantitative estimate of drug-likeness (QED) is 0.551. The van der Waals surface area contributed by atoms with Crippen molar-refractivity contribution in [2.75, 3.05) is 21.3 Å². The highest BCUT2D eigenvalue weighted by Gasteiger charge is 2.17. The molecule has 0 atom stereocenters. The number of methoxy groups -OCH3 is 3. The third-order valence-electron chi connectivity index (χ3n) is 3.84. The van der Waals surface area contributed by atoms with E-state index in [9.17, 15) is 14.9 Å². The maximum atomic E-state index is 12.4. The molecule has 2 aromatic carbocycles. The largest absolute Gasteiger partial charge is 0.493 e. The van der Waals surface area contributed by atoms with Crippen molar-refractivity contribution in [3.05, 3.63) is 50.8 Å². The molecule has 0 spiro atoms. The number of ether oxygens (including phenoxy) is 3. The number of aromatic amines is 1. The number of nitrogens with zero attached hydrogens (tertiary/aromatic N) is 2. The average Bonchev–Trinajstić information content (AvgIpc) is 2.66. The second-order valence-electron chi connectivity index (χ2n) is 5.29. The summed E-state index contributed by atoms with van der Waals surface area (Å²) in [6, 6.07) is 7.23. The molecule has 0 unspecified atom stereocenters. The fourth-order valence-corrected chi connectivity index (χ4v) is 2.59. The first kappa shape index (κ1) is 17.2. The first-order chi connectivity index (χ1) is 12.5. The molecule has 26 heavy (non-hydrogen) atoms. The Morgan fingerprint density at radius 1 is 1.04 bits per heavy atom. The highest BCUT2D eigenvalue weighted by molar-refractivity contribution is 5.82. The number of H-pyrrole nitrogens is 1. The third-order valence-corrected chi connectivity index (χ3v) is 3.84. The van der Waals surface area contributed by atoms with Crippen LogP contribution in [0.4, 0.5) is 5.69 Å². The van der Waals surface area contributed by atoms with Crippen LogP contribution in [0, 0.1) is 10.1 Å². The normalized spacial score (nSPS) is 10.6. The summed E-state index contributed by atoms with van der Waals surface area (Å²) in [6.45, 7) is 0. The van der Waals surface area contributed by atoms with Gasteiger partial charge in [0.05, 0.1) is 37.2 Å². The van der Waals surface area contributed by atoms with Crippen LogP contribution < -0.4 is 19.8 Å². The molecule has 0 amide bonds. The number of nitro benzene ring substituents is 1. The van der Waals surface area contributed by atoms with E-state index in [1.54, 1.807) is 12.1 Å². The lowest BCUT2D eigenvalue weighted by Gasteiger charge is -2.14. The summed E-state index contributed by atoms with van der Waals surface area (Å²) in [7, 11) is 4.45. The van der Waals surface area contributed by atoms with Gasteiger partial charge in [0, 0.05) is 17.7 Å². The van der Waals surface area contributed by atoms with Gasteiger partial charge in [-0.05, 0) is 18.2 Å². The van der Waals surface area contributed by atoms with Crippen LogP contribution in [-0.4, -0.2) is 36.2 Å². The van der Waals surface area contributed by atoms with E-state index in [0.29, 0.717) is 28.3 Å². The van der Waals surface area contributed by atoms with Crippen molar-refractivity contribution in [2.24, 2.45) is 0 Å². The average molecular weight is 357 g/mol. The number of benzene rings is 2. The van der Waals surface area contributed by atoms with E-state index in [1.807, 2.05) is 0 Å². The van der Waals surface area contributed by atoms with Crippen molar-refractivity contribution < 1.29 is 19.1 Å². The lowest BCUT2D eigenvalue weighted by atomic mass is 10.1. The zero-order valence-corrected chi connectivity index (χ0v) is 14.2. The summed E-state index contributed by atoms with van der Waals surface area (Å²) in [6.07, 6.45) is 0. The summed E-state index contributed by atoms with van der Waals surface area (Å²) in [5.74, 6) is 1.51. The van der Waals surface area contributed by atoms with E-state index in [2.05, 4.69) is 9.97 Å². The van der Waals surface area contributed by atoms with Gasteiger partial charge in [-0.15, -0.1) is 0 Å². The molecule has 3 rings (SSSR count). The van der Waals surface area contributed by atoms with Gasteiger partial charge >= 0.3 is 0 Å². The number of aromatic nitrogens is 2. The van der Waals surface area contributed by atoms with Crippen molar-refractivity contribution in [1.82, 2.24) is 9.97 Å². The Hall–Kier alpha value is -3.62. The van der Waals surface area contributed by atoms with Crippen LogP contribution in [0.3, 0.4) is 0 Å². The molecule has 1 N–H and O–H groups in total. The third kappa shape index (κ3) is 2.90. The fourth-order valence-electron chi connectivity index (χ4n) is 2.59. The van der Waals surface area contributed by atoms with Crippen LogP contribution in [0.1, 0.15) is 0 Å². The van der Waals surface area contributed by atoms with Crippen LogP contribution in [0.5, 0.6) is 17.2 Å². The summed E-state index contributed by atoms with van der Waals surface area (Å²) >= 11 is 0. The van der Waals surface area contributed by atoms with E-state index in [-0.39, 0.29) is 16.9 Å². The van der Waals surface area contributed by atoms with E-state index < -0.39 is 10.5 Å².